The van der Waals surface area contributed by atoms with Gasteiger partial charge in [0.1, 0.15) is 0 Å². The molecule has 0 N–H and O–H groups in total. The molecule has 2 nitrogen and oxygen atoms in total. The summed E-state index contributed by atoms with van der Waals surface area (Å²) in [5, 5.41) is 9.49. The molecule has 0 aromatic carbocycles. The summed E-state index contributed by atoms with van der Waals surface area (Å²) in [6.45, 7) is 1.99. The van der Waals surface area contributed by atoms with E-state index >= 15 is 0 Å². The summed E-state index contributed by atoms with van der Waals surface area (Å²) >= 11 is 5.09. The average Bonchev–Trinajstić information content (AvgIpc) is 2.18. The van der Waals surface area contributed by atoms with Gasteiger partial charge in [-0.2, -0.15) is 5.26 Å². The van der Waals surface area contributed by atoms with Gasteiger partial charge in [0.15, 0.2) is 0 Å². The van der Waals surface area contributed by atoms with Crippen LogP contribution in [0.4, 0.5) is 0 Å². The van der Waals surface area contributed by atoms with E-state index in [2.05, 4.69) is 11.1 Å². The molecule has 0 saturated heterocycles. The van der Waals surface area contributed by atoms with Crippen molar-refractivity contribution < 1.29 is 0 Å². The Morgan fingerprint density at radius 2 is 1.93 bits per heavy atom. The van der Waals surface area contributed by atoms with E-state index in [-0.39, 0.29) is 0 Å². The predicted molar refractivity (Wildman–Crippen MR) is 56.0 cm³/mol. The van der Waals surface area contributed by atoms with Gasteiger partial charge in [0.05, 0.1) is 11.6 Å². The van der Waals surface area contributed by atoms with E-state index in [0.717, 1.165) is 24.1 Å². The Balaban J connectivity index is 2.69. The Morgan fingerprint density at radius 1 is 1.29 bits per heavy atom. The quantitative estimate of drug-likeness (QED) is 0.605. The minimum absolute atomic E-state index is 0.477. The molecule has 1 aliphatic carbocycles. The highest BCUT2D eigenvalue weighted by Crippen LogP contribution is 2.27. The van der Waals surface area contributed by atoms with E-state index in [9.17, 15) is 0 Å². The van der Waals surface area contributed by atoms with Crippen LogP contribution in [0.2, 0.25) is 0 Å². The zero-order valence-electron chi connectivity index (χ0n) is 8.13. The van der Waals surface area contributed by atoms with Crippen molar-refractivity contribution in [3.63, 3.8) is 0 Å². The first-order chi connectivity index (χ1) is 6.74. The monoisotopic (exact) mass is 203 g/mol. The summed E-state index contributed by atoms with van der Waals surface area (Å²) in [7, 11) is 0. The number of hydrogen-bond donors (Lipinski definition) is 0. The van der Waals surface area contributed by atoms with Crippen molar-refractivity contribution in [3.05, 3.63) is 22.4 Å². The Kier molecular flexibility index (Phi) is 2.39. The van der Waals surface area contributed by atoms with Crippen molar-refractivity contribution >= 4 is 12.6 Å². The second-order valence-electron chi connectivity index (χ2n) is 3.65. The summed E-state index contributed by atoms with van der Waals surface area (Å²) in [4.78, 5) is 4.25. The van der Waals surface area contributed by atoms with E-state index in [1.807, 2.05) is 6.92 Å². The second kappa shape index (κ2) is 3.55. The van der Waals surface area contributed by atoms with Crippen LogP contribution in [-0.4, -0.2) is 4.98 Å². The van der Waals surface area contributed by atoms with E-state index in [1.165, 1.54) is 18.4 Å². The highest BCUT2D eigenvalue weighted by atomic mass is 32.1. The number of rotatable bonds is 0. The minimum Gasteiger partial charge on any atom is -0.759 e. The zero-order chi connectivity index (χ0) is 10.1. The van der Waals surface area contributed by atoms with Crippen molar-refractivity contribution in [1.29, 1.82) is 5.26 Å². The molecule has 2 rings (SSSR count). The van der Waals surface area contributed by atoms with Crippen molar-refractivity contribution in [3.8, 4) is 6.07 Å². The van der Waals surface area contributed by atoms with Crippen molar-refractivity contribution in [1.82, 2.24) is 4.98 Å². The van der Waals surface area contributed by atoms with E-state index in [0.29, 0.717) is 10.6 Å². The lowest BCUT2D eigenvalue weighted by molar-refractivity contribution is 0.670. The maximum Gasteiger partial charge on any atom is 0.0994 e. The number of fused-ring (bicyclic) bond motifs is 1. The number of aryl methyl sites for hydroxylation is 1. The van der Waals surface area contributed by atoms with Crippen LogP contribution in [0.5, 0.6) is 0 Å². The molecule has 0 amide bonds. The molecule has 72 valence electrons. The molecule has 1 aliphatic rings. The van der Waals surface area contributed by atoms with Gasteiger partial charge >= 0.3 is 0 Å². The molecule has 1 heterocycles. The van der Waals surface area contributed by atoms with Gasteiger partial charge in [0.25, 0.3) is 0 Å². The van der Waals surface area contributed by atoms with Gasteiger partial charge in [-0.1, -0.05) is 5.03 Å². The molecule has 0 saturated carbocycles. The molecule has 14 heavy (non-hydrogen) atoms. The molecule has 0 radical (unpaired) electrons. The summed E-state index contributed by atoms with van der Waals surface area (Å²) in [5.74, 6) is 0. The maximum absolute atomic E-state index is 9.01. The van der Waals surface area contributed by atoms with Crippen molar-refractivity contribution in [2.45, 2.75) is 37.6 Å². The highest BCUT2D eigenvalue weighted by molar-refractivity contribution is 7.58. The van der Waals surface area contributed by atoms with Gasteiger partial charge in [-0.3, -0.25) is 4.98 Å². The molecule has 1 aromatic rings. The lowest BCUT2D eigenvalue weighted by Crippen LogP contribution is -2.10. The smallest absolute Gasteiger partial charge is 0.0994 e. The van der Waals surface area contributed by atoms with E-state index < -0.39 is 0 Å². The van der Waals surface area contributed by atoms with Gasteiger partial charge in [0.2, 0.25) is 0 Å². The minimum atomic E-state index is 0.477. The van der Waals surface area contributed by atoms with Gasteiger partial charge in [-0.15, -0.1) is 0 Å². The topological polar surface area (TPSA) is 36.7 Å². The fraction of sp³-hybridized carbons (Fsp3) is 0.455. The van der Waals surface area contributed by atoms with Crippen LogP contribution >= 0.6 is 0 Å². The standard InChI is InChI=1S/C11H12N2S/c1-7-8-4-2-3-5-9(8)10(6-12)11(14)13-7/h2-5H2,1H3,(H,13,14)/p-1. The fourth-order valence-corrected chi connectivity index (χ4v) is 2.41. The fourth-order valence-electron chi connectivity index (χ4n) is 2.10. The summed E-state index contributed by atoms with van der Waals surface area (Å²) in [6, 6.07) is 2.18. The Morgan fingerprint density at radius 3 is 2.57 bits per heavy atom. The average molecular weight is 203 g/mol. The highest BCUT2D eigenvalue weighted by Gasteiger charge is 2.16. The van der Waals surface area contributed by atoms with Crippen LogP contribution in [0, 0.1) is 18.3 Å². The van der Waals surface area contributed by atoms with E-state index in [1.54, 1.807) is 0 Å². The first kappa shape index (κ1) is 9.42. The van der Waals surface area contributed by atoms with E-state index in [4.69, 9.17) is 17.9 Å². The molecule has 3 heteroatoms. The van der Waals surface area contributed by atoms with Crippen LogP contribution in [-0.2, 0) is 25.5 Å². The lowest BCUT2D eigenvalue weighted by Gasteiger charge is -2.22. The van der Waals surface area contributed by atoms with Crippen molar-refractivity contribution in [2.75, 3.05) is 0 Å². The number of aromatic nitrogens is 1. The third-order valence-electron chi connectivity index (χ3n) is 2.80. The third kappa shape index (κ3) is 1.36. The largest absolute Gasteiger partial charge is 0.759 e. The molecule has 0 bridgehead atoms. The molecule has 0 aliphatic heterocycles. The molecular weight excluding hydrogens is 192 g/mol. The van der Waals surface area contributed by atoms with Crippen LogP contribution in [0.25, 0.3) is 0 Å². The Labute approximate surface area is 89.4 Å². The molecule has 0 spiro atoms. The first-order valence-electron chi connectivity index (χ1n) is 4.83. The number of nitriles is 1. The zero-order valence-corrected chi connectivity index (χ0v) is 8.95. The number of nitrogens with zero attached hydrogens (tertiary/aromatic N) is 2. The first-order valence-corrected chi connectivity index (χ1v) is 5.24. The van der Waals surface area contributed by atoms with Crippen LogP contribution in [0.15, 0.2) is 5.03 Å². The molecule has 0 unspecified atom stereocenters. The normalized spacial score (nSPS) is 14.6. The predicted octanol–water partition coefficient (Wildman–Crippen LogP) is 2.05. The molecule has 0 atom stereocenters. The van der Waals surface area contributed by atoms with Crippen molar-refractivity contribution in [2.24, 2.45) is 0 Å². The maximum atomic E-state index is 9.01. The lowest BCUT2D eigenvalue weighted by atomic mass is 9.88. The summed E-state index contributed by atoms with van der Waals surface area (Å²) < 4.78 is 0. The van der Waals surface area contributed by atoms with Crippen LogP contribution < -0.4 is 0 Å². The molecular formula is C11H11N2S-. The summed E-state index contributed by atoms with van der Waals surface area (Å²) in [6.07, 6.45) is 4.42. The summed E-state index contributed by atoms with van der Waals surface area (Å²) in [5.41, 5.74) is 4.08. The SMILES string of the molecule is Cc1nc([S-])c(C#N)c2c1CCCC2. The van der Waals surface area contributed by atoms with Gasteiger partial charge in [0, 0.05) is 5.69 Å². The third-order valence-corrected chi connectivity index (χ3v) is 3.10. The molecule has 0 fully saturated rings. The Hall–Kier alpha value is -1.14. The Bertz CT molecular complexity index is 418. The van der Waals surface area contributed by atoms with Gasteiger partial charge in [-0.25, -0.2) is 0 Å². The second-order valence-corrected chi connectivity index (χ2v) is 4.04. The molecule has 1 aromatic heterocycles. The number of pyridine rings is 1. The van der Waals surface area contributed by atoms with Crippen LogP contribution in [0.3, 0.4) is 0 Å². The van der Waals surface area contributed by atoms with Gasteiger partial charge in [-0.05, 0) is 43.7 Å². The van der Waals surface area contributed by atoms with Crippen LogP contribution in [0.1, 0.15) is 35.2 Å². The number of hydrogen-bond acceptors (Lipinski definition) is 3. The van der Waals surface area contributed by atoms with Gasteiger partial charge < -0.3 is 12.6 Å².